The molecule has 160 valence electrons. The third-order valence-corrected chi connectivity index (χ3v) is 5.80. The van der Waals surface area contributed by atoms with Crippen molar-refractivity contribution < 1.29 is 14.7 Å². The fourth-order valence-corrected chi connectivity index (χ4v) is 4.14. The summed E-state index contributed by atoms with van der Waals surface area (Å²) in [6, 6.07) is 23.0. The molecule has 1 aliphatic rings. The maximum absolute atomic E-state index is 12.6. The highest BCUT2D eigenvalue weighted by Gasteiger charge is 2.24. The smallest absolute Gasteiger partial charge is 0.326 e. The van der Waals surface area contributed by atoms with Crippen molar-refractivity contribution in [1.82, 2.24) is 10.2 Å². The van der Waals surface area contributed by atoms with Crippen LogP contribution in [-0.4, -0.2) is 60.6 Å². The van der Waals surface area contributed by atoms with Crippen LogP contribution in [0.1, 0.15) is 5.56 Å². The molecular formula is C25H27N3O3. The number of hydrogen-bond acceptors (Lipinski definition) is 4. The average molecular weight is 418 g/mol. The van der Waals surface area contributed by atoms with Crippen molar-refractivity contribution in [3.05, 3.63) is 78.4 Å². The molecule has 0 aromatic heterocycles. The van der Waals surface area contributed by atoms with E-state index < -0.39 is 12.0 Å². The number of rotatable bonds is 7. The molecule has 6 heteroatoms. The van der Waals surface area contributed by atoms with Crippen molar-refractivity contribution in [2.45, 2.75) is 12.5 Å². The van der Waals surface area contributed by atoms with E-state index in [2.05, 4.69) is 27.2 Å². The van der Waals surface area contributed by atoms with Crippen LogP contribution in [0.2, 0.25) is 0 Å². The number of nitrogens with one attached hydrogen (secondary N) is 1. The molecule has 0 saturated carbocycles. The summed E-state index contributed by atoms with van der Waals surface area (Å²) in [4.78, 5) is 28.8. The van der Waals surface area contributed by atoms with Crippen LogP contribution in [0.25, 0.3) is 10.8 Å². The minimum Gasteiger partial charge on any atom is -0.480 e. The van der Waals surface area contributed by atoms with Crippen molar-refractivity contribution in [2.75, 3.05) is 37.6 Å². The van der Waals surface area contributed by atoms with Crippen LogP contribution in [0.5, 0.6) is 0 Å². The number of piperazine rings is 1. The number of hydrogen-bond donors (Lipinski definition) is 2. The van der Waals surface area contributed by atoms with E-state index in [0.717, 1.165) is 42.5 Å². The normalized spacial score (nSPS) is 15.5. The second kappa shape index (κ2) is 9.62. The Morgan fingerprint density at radius 2 is 1.55 bits per heavy atom. The van der Waals surface area contributed by atoms with Gasteiger partial charge in [-0.3, -0.25) is 9.69 Å². The molecule has 1 saturated heterocycles. The summed E-state index contributed by atoms with van der Waals surface area (Å²) >= 11 is 0. The Morgan fingerprint density at radius 3 is 2.29 bits per heavy atom. The quantitative estimate of drug-likeness (QED) is 0.619. The van der Waals surface area contributed by atoms with Crippen LogP contribution in [0.4, 0.5) is 5.69 Å². The van der Waals surface area contributed by atoms with Crippen molar-refractivity contribution >= 4 is 28.3 Å². The zero-order valence-electron chi connectivity index (χ0n) is 17.4. The first kappa shape index (κ1) is 20.9. The topological polar surface area (TPSA) is 72.9 Å². The van der Waals surface area contributed by atoms with Gasteiger partial charge in [0.1, 0.15) is 6.04 Å². The fraction of sp³-hybridized carbons (Fsp3) is 0.280. The number of carboxylic acids is 1. The Bertz CT molecular complexity index is 1040. The van der Waals surface area contributed by atoms with E-state index in [9.17, 15) is 14.7 Å². The fourth-order valence-electron chi connectivity index (χ4n) is 4.14. The van der Waals surface area contributed by atoms with Gasteiger partial charge in [0.15, 0.2) is 0 Å². The molecule has 1 atom stereocenters. The third-order valence-electron chi connectivity index (χ3n) is 5.80. The van der Waals surface area contributed by atoms with Crippen LogP contribution in [-0.2, 0) is 16.0 Å². The molecule has 3 aromatic rings. The summed E-state index contributed by atoms with van der Waals surface area (Å²) < 4.78 is 0. The van der Waals surface area contributed by atoms with Gasteiger partial charge >= 0.3 is 5.97 Å². The molecule has 0 bridgehead atoms. The summed E-state index contributed by atoms with van der Waals surface area (Å²) in [6.45, 7) is 3.43. The highest BCUT2D eigenvalue weighted by molar-refractivity contribution is 5.88. The number of nitrogens with zero attached hydrogens (tertiary/aromatic N) is 2. The maximum atomic E-state index is 12.6. The number of aliphatic carboxylic acids is 1. The number of para-hydroxylation sites is 1. The van der Waals surface area contributed by atoms with Crippen LogP contribution >= 0.6 is 0 Å². The predicted octanol–water partition coefficient (Wildman–Crippen LogP) is 2.77. The lowest BCUT2D eigenvalue weighted by Crippen LogP contribution is -2.51. The molecule has 3 aromatic carbocycles. The molecule has 1 amide bonds. The Morgan fingerprint density at radius 1 is 0.871 bits per heavy atom. The summed E-state index contributed by atoms with van der Waals surface area (Å²) in [5.74, 6) is -1.27. The van der Waals surface area contributed by atoms with E-state index in [-0.39, 0.29) is 18.9 Å². The van der Waals surface area contributed by atoms with E-state index in [4.69, 9.17) is 0 Å². The standard InChI is InChI=1S/C25H27N3O3/c29-24(18-27-13-15-28(16-14-27)21-10-2-1-3-11-21)26-23(25(30)31)17-20-9-6-8-19-7-4-5-12-22(19)20/h1-12,23H,13-18H2,(H,26,29)(H,30,31)/t23-/m0/s1. The highest BCUT2D eigenvalue weighted by atomic mass is 16.4. The molecule has 1 aliphatic heterocycles. The second-order valence-corrected chi connectivity index (χ2v) is 7.90. The number of carboxylic acid groups (broad SMARTS) is 1. The van der Waals surface area contributed by atoms with E-state index in [1.807, 2.05) is 60.7 Å². The van der Waals surface area contributed by atoms with Crippen molar-refractivity contribution in [1.29, 1.82) is 0 Å². The predicted molar refractivity (Wildman–Crippen MR) is 122 cm³/mol. The summed E-state index contributed by atoms with van der Waals surface area (Å²) in [5, 5.41) is 14.5. The molecule has 2 N–H and O–H groups in total. The van der Waals surface area contributed by atoms with Gasteiger partial charge in [-0.1, -0.05) is 60.7 Å². The first-order valence-electron chi connectivity index (χ1n) is 10.6. The van der Waals surface area contributed by atoms with Gasteiger partial charge in [-0.05, 0) is 28.5 Å². The van der Waals surface area contributed by atoms with Gasteiger partial charge in [-0.2, -0.15) is 0 Å². The highest BCUT2D eigenvalue weighted by Crippen LogP contribution is 2.20. The molecule has 0 radical (unpaired) electrons. The number of amides is 1. The van der Waals surface area contributed by atoms with Gasteiger partial charge in [-0.25, -0.2) is 4.79 Å². The average Bonchev–Trinajstić information content (AvgIpc) is 2.80. The minimum absolute atomic E-state index is 0.210. The minimum atomic E-state index is -1.02. The van der Waals surface area contributed by atoms with Gasteiger partial charge in [0, 0.05) is 38.3 Å². The molecule has 0 spiro atoms. The Hall–Kier alpha value is -3.38. The first-order valence-corrected chi connectivity index (χ1v) is 10.6. The largest absolute Gasteiger partial charge is 0.480 e. The number of carbonyl (C=O) groups is 2. The number of benzene rings is 3. The Kier molecular flexibility index (Phi) is 6.48. The number of fused-ring (bicyclic) bond motifs is 1. The number of carbonyl (C=O) groups excluding carboxylic acids is 1. The number of anilines is 1. The van der Waals surface area contributed by atoms with E-state index >= 15 is 0 Å². The lowest BCUT2D eigenvalue weighted by Gasteiger charge is -2.35. The molecule has 1 heterocycles. The monoisotopic (exact) mass is 417 g/mol. The first-order chi connectivity index (χ1) is 15.1. The van der Waals surface area contributed by atoms with Gasteiger partial charge in [0.2, 0.25) is 5.91 Å². The Balaban J connectivity index is 1.34. The second-order valence-electron chi connectivity index (χ2n) is 7.90. The summed E-state index contributed by atoms with van der Waals surface area (Å²) in [5.41, 5.74) is 2.11. The zero-order chi connectivity index (χ0) is 21.6. The van der Waals surface area contributed by atoms with Gasteiger partial charge in [-0.15, -0.1) is 0 Å². The van der Waals surface area contributed by atoms with E-state index in [1.54, 1.807) is 0 Å². The Labute approximate surface area is 182 Å². The molecule has 1 fully saturated rings. The molecule has 0 unspecified atom stereocenters. The van der Waals surface area contributed by atoms with Gasteiger partial charge in [0.25, 0.3) is 0 Å². The molecule has 6 nitrogen and oxygen atoms in total. The lowest BCUT2D eigenvalue weighted by atomic mass is 9.99. The third kappa shape index (κ3) is 5.22. The van der Waals surface area contributed by atoms with Crippen molar-refractivity contribution in [2.24, 2.45) is 0 Å². The van der Waals surface area contributed by atoms with Gasteiger partial charge in [0.05, 0.1) is 6.54 Å². The summed E-state index contributed by atoms with van der Waals surface area (Å²) in [6.07, 6.45) is 0.254. The van der Waals surface area contributed by atoms with Crippen LogP contribution < -0.4 is 10.2 Å². The van der Waals surface area contributed by atoms with Gasteiger partial charge < -0.3 is 15.3 Å². The van der Waals surface area contributed by atoms with Crippen LogP contribution in [0.15, 0.2) is 72.8 Å². The molecule has 0 aliphatic carbocycles. The lowest BCUT2D eigenvalue weighted by molar-refractivity contribution is -0.141. The molecule has 31 heavy (non-hydrogen) atoms. The van der Waals surface area contributed by atoms with Crippen LogP contribution in [0.3, 0.4) is 0 Å². The zero-order valence-corrected chi connectivity index (χ0v) is 17.4. The maximum Gasteiger partial charge on any atom is 0.326 e. The molecular weight excluding hydrogens is 390 g/mol. The van der Waals surface area contributed by atoms with Crippen molar-refractivity contribution in [3.63, 3.8) is 0 Å². The SMILES string of the molecule is O=C(CN1CCN(c2ccccc2)CC1)N[C@@H](Cc1cccc2ccccc12)C(=O)O. The van der Waals surface area contributed by atoms with Crippen LogP contribution in [0, 0.1) is 0 Å². The molecule has 4 rings (SSSR count). The van der Waals surface area contributed by atoms with E-state index in [1.165, 1.54) is 5.69 Å². The summed E-state index contributed by atoms with van der Waals surface area (Å²) in [7, 11) is 0. The van der Waals surface area contributed by atoms with E-state index in [0.29, 0.717) is 0 Å². The van der Waals surface area contributed by atoms with Crippen molar-refractivity contribution in [3.8, 4) is 0 Å².